The molecule has 0 spiro atoms. The van der Waals surface area contributed by atoms with E-state index in [9.17, 15) is 4.79 Å². The molecule has 3 N–H and O–H groups in total. The topological polar surface area (TPSA) is 67.6 Å². The van der Waals surface area contributed by atoms with Crippen LogP contribution >= 0.6 is 0 Å². The maximum atomic E-state index is 12.6. The van der Waals surface area contributed by atoms with Crippen molar-refractivity contribution in [3.8, 4) is 0 Å². The number of carbonyl (C=O) groups is 1. The molecule has 2 aliphatic rings. The molecule has 5 nitrogen and oxygen atoms in total. The number of ether oxygens (including phenoxy) is 1. The van der Waals surface area contributed by atoms with Crippen molar-refractivity contribution in [1.29, 1.82) is 0 Å². The number of amides is 1. The Morgan fingerprint density at radius 2 is 2.15 bits per heavy atom. The van der Waals surface area contributed by atoms with Crippen LogP contribution in [0.2, 0.25) is 0 Å². The fraction of sp³-hybridized carbons (Fsp3) is 0.933. The second kappa shape index (κ2) is 5.28. The molecule has 0 radical (unpaired) electrons. The lowest BCUT2D eigenvalue weighted by molar-refractivity contribution is -0.225. The number of carbonyl (C=O) groups excluding carboxylic acids is 1. The highest BCUT2D eigenvalue weighted by atomic mass is 16.5. The summed E-state index contributed by atoms with van der Waals surface area (Å²) in [7, 11) is 4.01. The van der Waals surface area contributed by atoms with Gasteiger partial charge in [0.25, 0.3) is 0 Å². The molecule has 20 heavy (non-hydrogen) atoms. The summed E-state index contributed by atoms with van der Waals surface area (Å²) in [5, 5.41) is 3.03. The Morgan fingerprint density at radius 3 is 2.75 bits per heavy atom. The SMILES string of the molecule is CC(CNC(=O)C1(N)C2CCCOC2C1(C)C)N(C)C. The van der Waals surface area contributed by atoms with Crippen LogP contribution < -0.4 is 11.1 Å². The summed E-state index contributed by atoms with van der Waals surface area (Å²) in [5.74, 6) is 0.129. The molecular weight excluding hydrogens is 254 g/mol. The van der Waals surface area contributed by atoms with Crippen molar-refractivity contribution < 1.29 is 9.53 Å². The number of hydrogen-bond donors (Lipinski definition) is 2. The van der Waals surface area contributed by atoms with E-state index in [2.05, 4.69) is 31.0 Å². The van der Waals surface area contributed by atoms with Crippen molar-refractivity contribution in [2.45, 2.75) is 51.3 Å². The van der Waals surface area contributed by atoms with Crippen molar-refractivity contribution in [2.75, 3.05) is 27.2 Å². The van der Waals surface area contributed by atoms with Crippen molar-refractivity contribution in [3.05, 3.63) is 0 Å². The van der Waals surface area contributed by atoms with Crippen LogP contribution in [0.3, 0.4) is 0 Å². The molecule has 2 rings (SSSR count). The lowest BCUT2D eigenvalue weighted by Crippen LogP contribution is -2.82. The van der Waals surface area contributed by atoms with Crippen molar-refractivity contribution >= 4 is 5.91 Å². The first-order chi connectivity index (χ1) is 9.23. The Hall–Kier alpha value is -0.650. The molecule has 5 heteroatoms. The van der Waals surface area contributed by atoms with Gasteiger partial charge < -0.3 is 20.7 Å². The van der Waals surface area contributed by atoms with Gasteiger partial charge in [0, 0.05) is 30.5 Å². The summed E-state index contributed by atoms with van der Waals surface area (Å²) in [5.41, 5.74) is 5.43. The van der Waals surface area contributed by atoms with E-state index < -0.39 is 5.54 Å². The molecule has 1 saturated carbocycles. The maximum Gasteiger partial charge on any atom is 0.241 e. The van der Waals surface area contributed by atoms with Crippen LogP contribution in [0.1, 0.15) is 33.6 Å². The predicted molar refractivity (Wildman–Crippen MR) is 79.3 cm³/mol. The summed E-state index contributed by atoms with van der Waals surface area (Å²) in [6.07, 6.45) is 2.11. The summed E-state index contributed by atoms with van der Waals surface area (Å²) in [6.45, 7) is 7.60. The minimum atomic E-state index is -0.801. The first kappa shape index (κ1) is 15.7. The third-order valence-corrected chi connectivity index (χ3v) is 5.50. The van der Waals surface area contributed by atoms with Gasteiger partial charge in [-0.05, 0) is 33.9 Å². The molecule has 0 aromatic rings. The molecule has 0 bridgehead atoms. The van der Waals surface area contributed by atoms with E-state index in [1.807, 2.05) is 14.1 Å². The normalized spacial score (nSPS) is 37.0. The molecule has 0 aromatic carbocycles. The van der Waals surface area contributed by atoms with Gasteiger partial charge in [0.1, 0.15) is 5.54 Å². The van der Waals surface area contributed by atoms with Crippen LogP contribution in [-0.2, 0) is 9.53 Å². The number of nitrogens with two attached hydrogens (primary N) is 1. The molecule has 116 valence electrons. The van der Waals surface area contributed by atoms with Crippen molar-refractivity contribution in [1.82, 2.24) is 10.2 Å². The van der Waals surface area contributed by atoms with E-state index in [1.165, 1.54) is 0 Å². The van der Waals surface area contributed by atoms with Gasteiger partial charge in [0.2, 0.25) is 5.91 Å². The summed E-state index contributed by atoms with van der Waals surface area (Å²) >= 11 is 0. The van der Waals surface area contributed by atoms with Crippen LogP contribution in [0.4, 0.5) is 0 Å². The van der Waals surface area contributed by atoms with Crippen molar-refractivity contribution in [2.24, 2.45) is 17.1 Å². The maximum absolute atomic E-state index is 12.6. The largest absolute Gasteiger partial charge is 0.377 e. The van der Waals surface area contributed by atoms with Crippen LogP contribution in [0.25, 0.3) is 0 Å². The molecule has 2 fully saturated rings. The van der Waals surface area contributed by atoms with Crippen LogP contribution in [0, 0.1) is 11.3 Å². The minimum absolute atomic E-state index is 0.0250. The highest BCUT2D eigenvalue weighted by Crippen LogP contribution is 2.57. The zero-order chi connectivity index (χ0) is 15.1. The van der Waals surface area contributed by atoms with Crippen molar-refractivity contribution in [3.63, 3.8) is 0 Å². The highest BCUT2D eigenvalue weighted by Gasteiger charge is 2.70. The number of nitrogens with zero attached hydrogens (tertiary/aromatic N) is 1. The molecule has 0 aromatic heterocycles. The average molecular weight is 283 g/mol. The van der Waals surface area contributed by atoms with Crippen LogP contribution in [0.5, 0.6) is 0 Å². The number of fused-ring (bicyclic) bond motifs is 1. The zero-order valence-electron chi connectivity index (χ0n) is 13.4. The molecule has 1 amide bonds. The van der Waals surface area contributed by atoms with E-state index in [1.54, 1.807) is 0 Å². The monoisotopic (exact) mass is 283 g/mol. The molecule has 1 heterocycles. The Labute approximate surface area is 122 Å². The average Bonchev–Trinajstić information content (AvgIpc) is 2.43. The van der Waals surface area contributed by atoms with Crippen LogP contribution in [0.15, 0.2) is 0 Å². The fourth-order valence-electron chi connectivity index (χ4n) is 3.61. The van der Waals surface area contributed by atoms with E-state index >= 15 is 0 Å². The number of hydrogen-bond acceptors (Lipinski definition) is 4. The van der Waals surface area contributed by atoms with Gasteiger partial charge in [-0.1, -0.05) is 13.8 Å². The smallest absolute Gasteiger partial charge is 0.241 e. The Bertz CT molecular complexity index is 383. The lowest BCUT2D eigenvalue weighted by atomic mass is 9.46. The Kier molecular flexibility index (Phi) is 4.15. The molecular formula is C15H29N3O2. The summed E-state index contributed by atoms with van der Waals surface area (Å²) in [4.78, 5) is 14.7. The van der Waals surface area contributed by atoms with E-state index in [-0.39, 0.29) is 23.3 Å². The number of rotatable bonds is 4. The fourth-order valence-corrected chi connectivity index (χ4v) is 3.61. The van der Waals surface area contributed by atoms with E-state index in [0.29, 0.717) is 12.6 Å². The second-order valence-electron chi connectivity index (χ2n) is 7.15. The van der Waals surface area contributed by atoms with Gasteiger partial charge in [-0.2, -0.15) is 0 Å². The number of nitrogens with one attached hydrogen (secondary N) is 1. The molecule has 1 aliphatic carbocycles. The predicted octanol–water partition coefficient (Wildman–Crippen LogP) is 0.585. The van der Waals surface area contributed by atoms with Gasteiger partial charge in [-0.25, -0.2) is 0 Å². The second-order valence-corrected chi connectivity index (χ2v) is 7.15. The quantitative estimate of drug-likeness (QED) is 0.792. The van der Waals surface area contributed by atoms with Crippen LogP contribution in [-0.4, -0.2) is 55.7 Å². The standard InChI is InChI=1S/C15H29N3O2/c1-10(18(4)5)9-17-13(19)15(16)11-7-6-8-20-12(11)14(15,2)3/h10-12H,6-9,16H2,1-5H3,(H,17,19). The Balaban J connectivity index is 2.04. The molecule has 4 atom stereocenters. The van der Waals surface area contributed by atoms with Gasteiger partial charge in [0.15, 0.2) is 0 Å². The Morgan fingerprint density at radius 1 is 1.50 bits per heavy atom. The lowest BCUT2D eigenvalue weighted by Gasteiger charge is -2.65. The van der Waals surface area contributed by atoms with Gasteiger partial charge in [-0.15, -0.1) is 0 Å². The highest BCUT2D eigenvalue weighted by molar-refractivity contribution is 5.89. The van der Waals surface area contributed by atoms with Gasteiger partial charge >= 0.3 is 0 Å². The van der Waals surface area contributed by atoms with Gasteiger partial charge in [0.05, 0.1) is 6.10 Å². The zero-order valence-corrected chi connectivity index (χ0v) is 13.4. The van der Waals surface area contributed by atoms with Gasteiger partial charge in [-0.3, -0.25) is 4.79 Å². The minimum Gasteiger partial charge on any atom is -0.377 e. The third kappa shape index (κ3) is 2.16. The number of likely N-dealkylation sites (N-methyl/N-ethyl adjacent to an activating group) is 1. The molecule has 4 unspecified atom stereocenters. The third-order valence-electron chi connectivity index (χ3n) is 5.50. The first-order valence-electron chi connectivity index (χ1n) is 7.58. The first-order valence-corrected chi connectivity index (χ1v) is 7.58. The molecule has 1 aliphatic heterocycles. The summed E-state index contributed by atoms with van der Waals surface area (Å²) < 4.78 is 5.83. The van der Waals surface area contributed by atoms with E-state index in [4.69, 9.17) is 10.5 Å². The molecule has 1 saturated heterocycles. The summed E-state index contributed by atoms with van der Waals surface area (Å²) in [6, 6.07) is 0.296. The van der Waals surface area contributed by atoms with E-state index in [0.717, 1.165) is 19.4 Å².